The average molecular weight is 321 g/mol. The third kappa shape index (κ3) is 3.10. The second-order valence-corrected chi connectivity index (χ2v) is 4.86. The van der Waals surface area contributed by atoms with Crippen molar-refractivity contribution in [2.45, 2.75) is 6.92 Å². The summed E-state index contributed by atoms with van der Waals surface area (Å²) in [6.45, 7) is 1.92. The van der Waals surface area contributed by atoms with E-state index in [9.17, 15) is 4.79 Å². The van der Waals surface area contributed by atoms with Crippen molar-refractivity contribution in [3.8, 4) is 0 Å². The molecule has 0 bridgehead atoms. The number of nitrogens with zero attached hydrogens (tertiary/aromatic N) is 1. The molecule has 2 rings (SSSR count). The van der Waals surface area contributed by atoms with E-state index in [-0.39, 0.29) is 5.91 Å². The zero-order valence-electron chi connectivity index (χ0n) is 10.3. The Morgan fingerprint density at radius 1 is 1.32 bits per heavy atom. The zero-order valence-corrected chi connectivity index (χ0v) is 11.9. The number of aryl methyl sites for hydroxylation is 1. The van der Waals surface area contributed by atoms with Gasteiger partial charge in [0, 0.05) is 12.4 Å². The lowest BCUT2D eigenvalue weighted by Gasteiger charge is -2.11. The van der Waals surface area contributed by atoms with Gasteiger partial charge in [0.05, 0.1) is 21.4 Å². The summed E-state index contributed by atoms with van der Waals surface area (Å²) >= 11 is 3.33. The second-order valence-electron chi connectivity index (χ2n) is 4.00. The summed E-state index contributed by atoms with van der Waals surface area (Å²) < 4.78 is 0.721. The zero-order chi connectivity index (χ0) is 13.8. The third-order valence-electron chi connectivity index (χ3n) is 2.60. The fraction of sp³-hybridized carbons (Fsp3) is 0.0769. The Balaban J connectivity index is 2.30. The van der Waals surface area contributed by atoms with Crippen LogP contribution in [0.5, 0.6) is 0 Å². The number of hydrazine groups is 1. The Morgan fingerprint density at radius 2 is 2.11 bits per heavy atom. The normalized spacial score (nSPS) is 10.1. The van der Waals surface area contributed by atoms with Crippen LogP contribution in [-0.4, -0.2) is 10.9 Å². The van der Waals surface area contributed by atoms with Crippen LogP contribution in [0.3, 0.4) is 0 Å². The van der Waals surface area contributed by atoms with Gasteiger partial charge < -0.3 is 10.7 Å². The SMILES string of the molecule is Cc1ccc(NN)c(C(=O)Nc2ccncc2Br)c1. The fourth-order valence-corrected chi connectivity index (χ4v) is 1.99. The molecule has 5 nitrogen and oxygen atoms in total. The summed E-state index contributed by atoms with van der Waals surface area (Å²) in [6, 6.07) is 7.15. The first-order valence-electron chi connectivity index (χ1n) is 5.60. The minimum Gasteiger partial charge on any atom is -0.323 e. The van der Waals surface area contributed by atoms with Crippen LogP contribution in [0, 0.1) is 6.92 Å². The van der Waals surface area contributed by atoms with Gasteiger partial charge in [0.25, 0.3) is 5.91 Å². The van der Waals surface area contributed by atoms with E-state index >= 15 is 0 Å². The van der Waals surface area contributed by atoms with Crippen molar-refractivity contribution < 1.29 is 4.79 Å². The van der Waals surface area contributed by atoms with Crippen LogP contribution >= 0.6 is 15.9 Å². The smallest absolute Gasteiger partial charge is 0.257 e. The molecule has 1 aromatic heterocycles. The van der Waals surface area contributed by atoms with E-state index < -0.39 is 0 Å². The first-order chi connectivity index (χ1) is 9.11. The van der Waals surface area contributed by atoms with Gasteiger partial charge in [-0.15, -0.1) is 0 Å². The number of benzene rings is 1. The number of hydrogen-bond donors (Lipinski definition) is 3. The molecule has 0 saturated carbocycles. The van der Waals surface area contributed by atoms with Gasteiger partial charge in [0.1, 0.15) is 0 Å². The molecule has 4 N–H and O–H groups in total. The number of anilines is 2. The predicted molar refractivity (Wildman–Crippen MR) is 78.9 cm³/mol. The van der Waals surface area contributed by atoms with Crippen LogP contribution in [0.4, 0.5) is 11.4 Å². The van der Waals surface area contributed by atoms with E-state index in [0.29, 0.717) is 16.9 Å². The highest BCUT2D eigenvalue weighted by atomic mass is 79.9. The molecule has 98 valence electrons. The standard InChI is InChI=1S/C13H13BrN4O/c1-8-2-3-11(18-15)9(6-8)13(19)17-12-4-5-16-7-10(12)14/h2-7,18H,15H2,1H3,(H,16,17,19). The van der Waals surface area contributed by atoms with Gasteiger partial charge in [-0.25, -0.2) is 0 Å². The Hall–Kier alpha value is -1.92. The van der Waals surface area contributed by atoms with Gasteiger partial charge in [-0.3, -0.25) is 15.6 Å². The summed E-state index contributed by atoms with van der Waals surface area (Å²) in [5, 5.41) is 2.81. The lowest BCUT2D eigenvalue weighted by atomic mass is 10.1. The van der Waals surface area contributed by atoms with Crippen molar-refractivity contribution in [2.75, 3.05) is 10.7 Å². The van der Waals surface area contributed by atoms with Crippen molar-refractivity contribution in [1.82, 2.24) is 4.98 Å². The number of hydrogen-bond acceptors (Lipinski definition) is 4. The molecule has 1 heterocycles. The molecule has 1 amide bonds. The van der Waals surface area contributed by atoms with E-state index in [1.807, 2.05) is 13.0 Å². The molecule has 0 spiro atoms. The van der Waals surface area contributed by atoms with Crippen molar-refractivity contribution >= 4 is 33.2 Å². The fourth-order valence-electron chi connectivity index (χ4n) is 1.64. The number of nitrogens with two attached hydrogens (primary N) is 1. The average Bonchev–Trinajstić information content (AvgIpc) is 2.41. The molecule has 0 atom stereocenters. The molecule has 19 heavy (non-hydrogen) atoms. The summed E-state index contributed by atoms with van der Waals surface area (Å²) in [5.41, 5.74) is 5.23. The van der Waals surface area contributed by atoms with E-state index in [1.165, 1.54) is 0 Å². The summed E-state index contributed by atoms with van der Waals surface area (Å²) in [4.78, 5) is 16.2. The van der Waals surface area contributed by atoms with Gasteiger partial charge >= 0.3 is 0 Å². The molecule has 0 aliphatic rings. The van der Waals surface area contributed by atoms with Gasteiger partial charge in [-0.2, -0.15) is 0 Å². The Labute approximate surface area is 119 Å². The van der Waals surface area contributed by atoms with Crippen LogP contribution in [-0.2, 0) is 0 Å². The first kappa shape index (κ1) is 13.5. The van der Waals surface area contributed by atoms with Crippen molar-refractivity contribution in [3.05, 3.63) is 52.3 Å². The number of nitrogen functional groups attached to an aromatic ring is 1. The number of rotatable bonds is 3. The quantitative estimate of drug-likeness (QED) is 0.600. The highest BCUT2D eigenvalue weighted by molar-refractivity contribution is 9.10. The number of carbonyl (C=O) groups excluding carboxylic acids is 1. The van der Waals surface area contributed by atoms with Crippen molar-refractivity contribution in [2.24, 2.45) is 5.84 Å². The second kappa shape index (κ2) is 5.81. The Kier molecular flexibility index (Phi) is 4.13. The van der Waals surface area contributed by atoms with Gasteiger partial charge in [-0.1, -0.05) is 11.6 Å². The van der Waals surface area contributed by atoms with Crippen LogP contribution in [0.2, 0.25) is 0 Å². The van der Waals surface area contributed by atoms with Crippen molar-refractivity contribution in [1.29, 1.82) is 0 Å². The minimum atomic E-state index is -0.233. The minimum absolute atomic E-state index is 0.233. The van der Waals surface area contributed by atoms with E-state index in [1.54, 1.807) is 30.6 Å². The number of carbonyl (C=O) groups is 1. The van der Waals surface area contributed by atoms with Crippen LogP contribution in [0.1, 0.15) is 15.9 Å². The maximum absolute atomic E-state index is 12.3. The van der Waals surface area contributed by atoms with E-state index in [0.717, 1.165) is 10.0 Å². The number of amides is 1. The molecule has 0 unspecified atom stereocenters. The summed E-state index contributed by atoms with van der Waals surface area (Å²) in [6.07, 6.45) is 3.23. The van der Waals surface area contributed by atoms with Gasteiger partial charge in [0.2, 0.25) is 0 Å². The lowest BCUT2D eigenvalue weighted by Crippen LogP contribution is -2.17. The van der Waals surface area contributed by atoms with Gasteiger partial charge in [-0.05, 0) is 41.1 Å². The molecule has 6 heteroatoms. The predicted octanol–water partition coefficient (Wildman–Crippen LogP) is 2.69. The number of pyridine rings is 1. The molecular weight excluding hydrogens is 308 g/mol. The number of nitrogens with one attached hydrogen (secondary N) is 2. The molecule has 0 aliphatic heterocycles. The van der Waals surface area contributed by atoms with Crippen molar-refractivity contribution in [3.63, 3.8) is 0 Å². The Morgan fingerprint density at radius 3 is 2.79 bits per heavy atom. The highest BCUT2D eigenvalue weighted by Gasteiger charge is 2.12. The molecule has 0 aliphatic carbocycles. The van der Waals surface area contributed by atoms with Crippen LogP contribution in [0.15, 0.2) is 41.1 Å². The highest BCUT2D eigenvalue weighted by Crippen LogP contribution is 2.23. The lowest BCUT2D eigenvalue weighted by molar-refractivity contribution is 0.102. The molecule has 0 fully saturated rings. The maximum Gasteiger partial charge on any atom is 0.257 e. The summed E-state index contributed by atoms with van der Waals surface area (Å²) in [7, 11) is 0. The molecular formula is C13H13BrN4O. The molecule has 2 aromatic rings. The molecule has 0 radical (unpaired) electrons. The van der Waals surface area contributed by atoms with E-state index in [2.05, 4.69) is 31.7 Å². The molecule has 0 saturated heterocycles. The Bertz CT molecular complexity index is 615. The maximum atomic E-state index is 12.3. The molecule has 1 aromatic carbocycles. The van der Waals surface area contributed by atoms with Gasteiger partial charge in [0.15, 0.2) is 0 Å². The van der Waals surface area contributed by atoms with Crippen LogP contribution in [0.25, 0.3) is 0 Å². The first-order valence-corrected chi connectivity index (χ1v) is 6.39. The largest absolute Gasteiger partial charge is 0.323 e. The number of halogens is 1. The third-order valence-corrected chi connectivity index (χ3v) is 3.23. The topological polar surface area (TPSA) is 80.0 Å². The van der Waals surface area contributed by atoms with E-state index in [4.69, 9.17) is 5.84 Å². The number of aromatic nitrogens is 1. The summed E-state index contributed by atoms with van der Waals surface area (Å²) in [5.74, 6) is 5.18. The van der Waals surface area contributed by atoms with Crippen LogP contribution < -0.4 is 16.6 Å². The monoisotopic (exact) mass is 320 g/mol.